The second-order valence-electron chi connectivity index (χ2n) is 6.10. The maximum atomic E-state index is 12.4. The van der Waals surface area contributed by atoms with Crippen molar-refractivity contribution in [3.8, 4) is 0 Å². The van der Waals surface area contributed by atoms with Crippen LogP contribution in [0.25, 0.3) is 0 Å². The first-order valence-electron chi connectivity index (χ1n) is 8.50. The van der Waals surface area contributed by atoms with E-state index in [1.807, 2.05) is 38.1 Å². The molecule has 1 aromatic heterocycles. The highest BCUT2D eigenvalue weighted by atomic mass is 35.5. The summed E-state index contributed by atoms with van der Waals surface area (Å²) in [6.45, 7) is 3.82. The molecule has 28 heavy (non-hydrogen) atoms. The molecule has 3 aromatic rings. The minimum absolute atomic E-state index is 0.222. The van der Waals surface area contributed by atoms with E-state index in [4.69, 9.17) is 23.2 Å². The summed E-state index contributed by atoms with van der Waals surface area (Å²) in [5.74, 6) is 0. The summed E-state index contributed by atoms with van der Waals surface area (Å²) in [6.07, 6.45) is 3.41. The highest BCUT2D eigenvalue weighted by molar-refractivity contribution is 7.99. The molecule has 0 aliphatic rings. The fraction of sp³-hybridized carbons (Fsp3) is 0.150. The van der Waals surface area contributed by atoms with Crippen LogP contribution in [0.3, 0.4) is 0 Å². The third-order valence-electron chi connectivity index (χ3n) is 3.99. The second kappa shape index (κ2) is 9.28. The first-order valence-corrected chi connectivity index (χ1v) is 10.1. The van der Waals surface area contributed by atoms with Gasteiger partial charge in [0.1, 0.15) is 0 Å². The highest BCUT2D eigenvalue weighted by Crippen LogP contribution is 2.28. The quantitative estimate of drug-likeness (QED) is 0.476. The zero-order valence-electron chi connectivity index (χ0n) is 15.2. The number of halogens is 2. The van der Waals surface area contributed by atoms with Gasteiger partial charge < -0.3 is 10.6 Å². The van der Waals surface area contributed by atoms with Gasteiger partial charge in [-0.3, -0.25) is 0 Å². The molecule has 3 rings (SSSR count). The van der Waals surface area contributed by atoms with Crippen LogP contribution >= 0.6 is 35.0 Å². The van der Waals surface area contributed by atoms with Crippen LogP contribution in [-0.2, 0) is 0 Å². The molecule has 2 amide bonds. The van der Waals surface area contributed by atoms with E-state index in [-0.39, 0.29) is 12.1 Å². The van der Waals surface area contributed by atoms with Crippen molar-refractivity contribution in [1.82, 2.24) is 15.3 Å². The third kappa shape index (κ3) is 5.38. The molecule has 0 bridgehead atoms. The van der Waals surface area contributed by atoms with Crippen LogP contribution in [-0.4, -0.2) is 16.0 Å². The molecule has 2 aromatic carbocycles. The van der Waals surface area contributed by atoms with Gasteiger partial charge in [0.25, 0.3) is 0 Å². The van der Waals surface area contributed by atoms with Gasteiger partial charge in [-0.2, -0.15) is 0 Å². The summed E-state index contributed by atoms with van der Waals surface area (Å²) >= 11 is 13.5. The SMILES string of the molecule is Cc1cc(Sc2ncccn2)ccc1NC(=O)NC(C)c1ccc(Cl)c(Cl)c1. The number of aromatic nitrogens is 2. The smallest absolute Gasteiger partial charge is 0.319 e. The molecular formula is C20H18Cl2N4OS. The van der Waals surface area contributed by atoms with Crippen LogP contribution in [0.15, 0.2) is 64.9 Å². The summed E-state index contributed by atoms with van der Waals surface area (Å²) < 4.78 is 0. The Hall–Kier alpha value is -2.28. The van der Waals surface area contributed by atoms with E-state index in [1.165, 1.54) is 11.8 Å². The number of rotatable bonds is 5. The molecule has 1 unspecified atom stereocenters. The van der Waals surface area contributed by atoms with Crippen LogP contribution in [0.1, 0.15) is 24.1 Å². The minimum Gasteiger partial charge on any atom is -0.331 e. The van der Waals surface area contributed by atoms with Crippen LogP contribution in [0.2, 0.25) is 10.0 Å². The van der Waals surface area contributed by atoms with Crippen molar-refractivity contribution in [3.63, 3.8) is 0 Å². The Bertz CT molecular complexity index is 985. The number of carbonyl (C=O) groups excluding carboxylic acids is 1. The predicted molar refractivity (Wildman–Crippen MR) is 114 cm³/mol. The van der Waals surface area contributed by atoms with Crippen LogP contribution in [0.4, 0.5) is 10.5 Å². The minimum atomic E-state index is -0.298. The normalized spacial score (nSPS) is 11.7. The number of carbonyl (C=O) groups is 1. The Labute approximate surface area is 177 Å². The number of nitrogens with zero attached hydrogens (tertiary/aromatic N) is 2. The molecule has 0 spiro atoms. The van der Waals surface area contributed by atoms with E-state index >= 15 is 0 Å². The van der Waals surface area contributed by atoms with Gasteiger partial charge in [-0.15, -0.1) is 0 Å². The Morgan fingerprint density at radius 2 is 1.82 bits per heavy atom. The zero-order valence-corrected chi connectivity index (χ0v) is 17.6. The monoisotopic (exact) mass is 432 g/mol. The van der Waals surface area contributed by atoms with Crippen molar-refractivity contribution in [3.05, 3.63) is 76.0 Å². The van der Waals surface area contributed by atoms with Gasteiger partial charge in [0.15, 0.2) is 5.16 Å². The number of amides is 2. The molecule has 2 N–H and O–H groups in total. The lowest BCUT2D eigenvalue weighted by Crippen LogP contribution is -2.31. The molecule has 0 aliphatic heterocycles. The number of nitrogens with one attached hydrogen (secondary N) is 2. The molecule has 5 nitrogen and oxygen atoms in total. The number of hydrogen-bond acceptors (Lipinski definition) is 4. The number of urea groups is 1. The van der Waals surface area contributed by atoms with Crippen molar-refractivity contribution < 1.29 is 4.79 Å². The largest absolute Gasteiger partial charge is 0.331 e. The predicted octanol–water partition coefficient (Wildman–Crippen LogP) is 6.13. The topological polar surface area (TPSA) is 66.9 Å². The second-order valence-corrected chi connectivity index (χ2v) is 7.96. The molecule has 1 atom stereocenters. The fourth-order valence-electron chi connectivity index (χ4n) is 2.50. The number of hydrogen-bond donors (Lipinski definition) is 2. The average molecular weight is 433 g/mol. The molecule has 8 heteroatoms. The molecule has 1 heterocycles. The van der Waals surface area contributed by atoms with Crippen LogP contribution in [0, 0.1) is 6.92 Å². The van der Waals surface area contributed by atoms with E-state index in [2.05, 4.69) is 20.6 Å². The summed E-state index contributed by atoms with van der Waals surface area (Å²) in [7, 11) is 0. The summed E-state index contributed by atoms with van der Waals surface area (Å²) in [6, 6.07) is 12.3. The van der Waals surface area contributed by atoms with E-state index < -0.39 is 0 Å². The van der Waals surface area contributed by atoms with E-state index in [0.717, 1.165) is 21.7 Å². The third-order valence-corrected chi connectivity index (χ3v) is 5.61. The zero-order chi connectivity index (χ0) is 20.1. The fourth-order valence-corrected chi connectivity index (χ4v) is 3.62. The number of benzene rings is 2. The van der Waals surface area contributed by atoms with Gasteiger partial charge in [-0.25, -0.2) is 14.8 Å². The van der Waals surface area contributed by atoms with Crippen molar-refractivity contribution in [2.75, 3.05) is 5.32 Å². The molecule has 0 saturated heterocycles. The van der Waals surface area contributed by atoms with Gasteiger partial charge in [-0.1, -0.05) is 29.3 Å². The molecular weight excluding hydrogens is 415 g/mol. The standard InChI is InChI=1S/C20H18Cl2N4OS/c1-12-10-15(28-20-23-8-3-9-24-20)5-7-18(12)26-19(27)25-13(2)14-4-6-16(21)17(22)11-14/h3-11,13H,1-2H3,(H2,25,26,27). The Kier molecular flexibility index (Phi) is 6.78. The molecule has 0 saturated carbocycles. The molecule has 144 valence electrons. The van der Waals surface area contributed by atoms with E-state index in [1.54, 1.807) is 30.6 Å². The van der Waals surface area contributed by atoms with Gasteiger partial charge in [0.05, 0.1) is 16.1 Å². The van der Waals surface area contributed by atoms with Crippen molar-refractivity contribution in [2.45, 2.75) is 29.9 Å². The number of anilines is 1. The first-order chi connectivity index (χ1) is 13.4. The van der Waals surface area contributed by atoms with Gasteiger partial charge in [-0.05, 0) is 73.1 Å². The average Bonchev–Trinajstić information content (AvgIpc) is 2.67. The lowest BCUT2D eigenvalue weighted by molar-refractivity contribution is 0.249. The maximum absolute atomic E-state index is 12.4. The number of aryl methyl sites for hydroxylation is 1. The lowest BCUT2D eigenvalue weighted by atomic mass is 10.1. The van der Waals surface area contributed by atoms with Crippen LogP contribution < -0.4 is 10.6 Å². The van der Waals surface area contributed by atoms with Gasteiger partial charge >= 0.3 is 6.03 Å². The maximum Gasteiger partial charge on any atom is 0.319 e. The van der Waals surface area contributed by atoms with Gasteiger partial charge in [0, 0.05) is 23.0 Å². The molecule has 0 radical (unpaired) electrons. The van der Waals surface area contributed by atoms with Crippen molar-refractivity contribution >= 4 is 46.7 Å². The molecule has 0 fully saturated rings. The summed E-state index contributed by atoms with van der Waals surface area (Å²) in [5.41, 5.74) is 2.55. The van der Waals surface area contributed by atoms with Crippen molar-refractivity contribution in [1.29, 1.82) is 0 Å². The lowest BCUT2D eigenvalue weighted by Gasteiger charge is -2.16. The molecule has 0 aliphatic carbocycles. The Morgan fingerprint density at radius 1 is 1.07 bits per heavy atom. The van der Waals surface area contributed by atoms with E-state index in [9.17, 15) is 4.79 Å². The highest BCUT2D eigenvalue weighted by Gasteiger charge is 2.12. The van der Waals surface area contributed by atoms with E-state index in [0.29, 0.717) is 15.2 Å². The summed E-state index contributed by atoms with van der Waals surface area (Å²) in [5, 5.41) is 7.39. The van der Waals surface area contributed by atoms with Crippen LogP contribution in [0.5, 0.6) is 0 Å². The Morgan fingerprint density at radius 3 is 2.50 bits per heavy atom. The Balaban J connectivity index is 1.62. The first kappa shape index (κ1) is 20.5. The van der Waals surface area contributed by atoms with Gasteiger partial charge in [0.2, 0.25) is 0 Å². The summed E-state index contributed by atoms with van der Waals surface area (Å²) in [4.78, 5) is 21.8. The van der Waals surface area contributed by atoms with Crippen molar-refractivity contribution in [2.24, 2.45) is 0 Å².